The van der Waals surface area contributed by atoms with Gasteiger partial charge in [0.2, 0.25) is 15.9 Å². The first kappa shape index (κ1) is 17.9. The van der Waals surface area contributed by atoms with Crippen molar-refractivity contribution in [2.75, 3.05) is 39.5 Å². The van der Waals surface area contributed by atoms with Gasteiger partial charge in [0.05, 0.1) is 12.8 Å². The minimum atomic E-state index is -3.33. The summed E-state index contributed by atoms with van der Waals surface area (Å²) in [5.74, 6) is -0.134. The van der Waals surface area contributed by atoms with E-state index in [0.717, 1.165) is 30.2 Å². The van der Waals surface area contributed by atoms with Crippen molar-refractivity contribution in [3.05, 3.63) is 35.9 Å². The quantitative estimate of drug-likeness (QED) is 0.789. The van der Waals surface area contributed by atoms with E-state index < -0.39 is 10.0 Å². The Labute approximate surface area is 138 Å². The molecule has 128 valence electrons. The molecule has 0 aromatic heterocycles. The Morgan fingerprint density at radius 2 is 1.91 bits per heavy atom. The van der Waals surface area contributed by atoms with Gasteiger partial charge in [-0.15, -0.1) is 0 Å². The molecule has 6 nitrogen and oxygen atoms in total. The van der Waals surface area contributed by atoms with Crippen LogP contribution in [0.25, 0.3) is 0 Å². The summed E-state index contributed by atoms with van der Waals surface area (Å²) < 4.78 is 24.0. The predicted octanol–water partition coefficient (Wildman–Crippen LogP) is 0.611. The van der Waals surface area contributed by atoms with Gasteiger partial charge in [-0.25, -0.2) is 8.42 Å². The first-order valence-electron chi connectivity index (χ1n) is 7.74. The number of piperazine rings is 1. The van der Waals surface area contributed by atoms with Crippen LogP contribution in [0.5, 0.6) is 0 Å². The highest BCUT2D eigenvalue weighted by atomic mass is 32.2. The lowest BCUT2D eigenvalue weighted by Crippen LogP contribution is -2.55. The zero-order chi connectivity index (χ0) is 17.0. The molecule has 1 aromatic rings. The summed E-state index contributed by atoms with van der Waals surface area (Å²) in [7, 11) is -1.90. The van der Waals surface area contributed by atoms with Gasteiger partial charge in [0.15, 0.2) is 0 Å². The van der Waals surface area contributed by atoms with E-state index >= 15 is 0 Å². The molecule has 1 heterocycles. The standard InChI is InChI=1S/C16H25N3O3S/c1-14-11-18(12-15-7-5-4-6-8-15)9-10-19(14)16(20)13-17(2)23(3,21)22/h4-8,14H,9-13H2,1-3H3. The number of benzene rings is 1. The van der Waals surface area contributed by atoms with Gasteiger partial charge in [-0.1, -0.05) is 30.3 Å². The Kier molecular flexibility index (Phi) is 5.78. The number of likely N-dealkylation sites (N-methyl/N-ethyl adjacent to an activating group) is 1. The van der Waals surface area contributed by atoms with Crippen LogP contribution < -0.4 is 0 Å². The van der Waals surface area contributed by atoms with Gasteiger partial charge in [-0.3, -0.25) is 9.69 Å². The average Bonchev–Trinajstić information content (AvgIpc) is 2.47. The van der Waals surface area contributed by atoms with E-state index in [1.807, 2.05) is 25.1 Å². The predicted molar refractivity (Wildman–Crippen MR) is 90.4 cm³/mol. The van der Waals surface area contributed by atoms with Crippen LogP contribution in [0.3, 0.4) is 0 Å². The lowest BCUT2D eigenvalue weighted by molar-refractivity contribution is -0.135. The van der Waals surface area contributed by atoms with Crippen molar-refractivity contribution in [1.29, 1.82) is 0 Å². The second-order valence-electron chi connectivity index (χ2n) is 6.18. The topological polar surface area (TPSA) is 60.9 Å². The number of hydrogen-bond acceptors (Lipinski definition) is 4. The minimum Gasteiger partial charge on any atom is -0.336 e. The van der Waals surface area contributed by atoms with Crippen molar-refractivity contribution < 1.29 is 13.2 Å². The molecule has 1 fully saturated rings. The largest absolute Gasteiger partial charge is 0.336 e. The van der Waals surface area contributed by atoms with Gasteiger partial charge in [-0.05, 0) is 12.5 Å². The van der Waals surface area contributed by atoms with Crippen LogP contribution in [0.1, 0.15) is 12.5 Å². The normalized spacial score (nSPS) is 20.0. The molecule has 1 atom stereocenters. The highest BCUT2D eigenvalue weighted by molar-refractivity contribution is 7.88. The third-order valence-corrected chi connectivity index (χ3v) is 5.47. The molecular formula is C16H25N3O3S. The minimum absolute atomic E-state index is 0.0768. The van der Waals surface area contributed by atoms with Crippen LogP contribution in [0.2, 0.25) is 0 Å². The Hall–Kier alpha value is -1.44. The molecule has 2 rings (SSSR count). The fourth-order valence-electron chi connectivity index (χ4n) is 2.79. The highest BCUT2D eigenvalue weighted by Crippen LogP contribution is 2.13. The highest BCUT2D eigenvalue weighted by Gasteiger charge is 2.29. The summed E-state index contributed by atoms with van der Waals surface area (Å²) >= 11 is 0. The van der Waals surface area contributed by atoms with Gasteiger partial charge in [0, 0.05) is 39.3 Å². The van der Waals surface area contributed by atoms with Crippen LogP contribution in [0, 0.1) is 0 Å². The Morgan fingerprint density at radius 1 is 1.26 bits per heavy atom. The summed E-state index contributed by atoms with van der Waals surface area (Å²) in [6.07, 6.45) is 1.11. The third-order valence-electron chi connectivity index (χ3n) is 4.21. The molecule has 0 saturated carbocycles. The Balaban J connectivity index is 1.90. The van der Waals surface area contributed by atoms with E-state index in [0.29, 0.717) is 6.54 Å². The van der Waals surface area contributed by atoms with E-state index in [1.165, 1.54) is 12.6 Å². The van der Waals surface area contributed by atoms with Gasteiger partial charge in [-0.2, -0.15) is 4.31 Å². The molecule has 1 amide bonds. The summed E-state index contributed by atoms with van der Waals surface area (Å²) in [4.78, 5) is 16.4. The summed E-state index contributed by atoms with van der Waals surface area (Å²) in [6.45, 7) is 5.01. The number of nitrogens with zero attached hydrogens (tertiary/aromatic N) is 3. The molecule has 1 aromatic carbocycles. The van der Waals surface area contributed by atoms with E-state index in [2.05, 4.69) is 17.0 Å². The summed E-state index contributed by atoms with van der Waals surface area (Å²) in [5, 5.41) is 0. The van der Waals surface area contributed by atoms with Gasteiger partial charge >= 0.3 is 0 Å². The Morgan fingerprint density at radius 3 is 2.48 bits per heavy atom. The lowest BCUT2D eigenvalue weighted by Gasteiger charge is -2.40. The van der Waals surface area contributed by atoms with E-state index in [-0.39, 0.29) is 18.5 Å². The van der Waals surface area contributed by atoms with Crippen molar-refractivity contribution in [2.45, 2.75) is 19.5 Å². The number of amides is 1. The molecular weight excluding hydrogens is 314 g/mol. The molecule has 23 heavy (non-hydrogen) atoms. The molecule has 0 radical (unpaired) electrons. The first-order valence-corrected chi connectivity index (χ1v) is 9.59. The van der Waals surface area contributed by atoms with E-state index in [9.17, 15) is 13.2 Å². The van der Waals surface area contributed by atoms with Crippen LogP contribution in [0.4, 0.5) is 0 Å². The molecule has 1 aliphatic rings. The van der Waals surface area contributed by atoms with E-state index in [1.54, 1.807) is 4.90 Å². The molecule has 1 unspecified atom stereocenters. The first-order chi connectivity index (χ1) is 10.8. The number of carbonyl (C=O) groups is 1. The molecule has 0 N–H and O–H groups in total. The summed E-state index contributed by atoms with van der Waals surface area (Å²) in [6, 6.07) is 10.3. The number of rotatable bonds is 5. The zero-order valence-corrected chi connectivity index (χ0v) is 14.8. The van der Waals surface area contributed by atoms with Gasteiger partial charge in [0.1, 0.15) is 0 Å². The van der Waals surface area contributed by atoms with Crippen LogP contribution in [-0.2, 0) is 21.4 Å². The molecule has 0 spiro atoms. The maximum atomic E-state index is 12.3. The molecule has 0 bridgehead atoms. The number of sulfonamides is 1. The van der Waals surface area contributed by atoms with Crippen molar-refractivity contribution in [3.8, 4) is 0 Å². The molecule has 0 aliphatic carbocycles. The van der Waals surface area contributed by atoms with Crippen molar-refractivity contribution in [3.63, 3.8) is 0 Å². The lowest BCUT2D eigenvalue weighted by atomic mass is 10.1. The molecule has 7 heteroatoms. The average molecular weight is 339 g/mol. The molecule has 1 saturated heterocycles. The maximum Gasteiger partial charge on any atom is 0.238 e. The van der Waals surface area contributed by atoms with E-state index in [4.69, 9.17) is 0 Å². The second-order valence-corrected chi connectivity index (χ2v) is 8.27. The fraction of sp³-hybridized carbons (Fsp3) is 0.562. The van der Waals surface area contributed by atoms with Crippen molar-refractivity contribution in [2.24, 2.45) is 0 Å². The monoisotopic (exact) mass is 339 g/mol. The zero-order valence-electron chi connectivity index (χ0n) is 14.0. The van der Waals surface area contributed by atoms with Gasteiger partial charge in [0.25, 0.3) is 0 Å². The van der Waals surface area contributed by atoms with Crippen LogP contribution in [0.15, 0.2) is 30.3 Å². The van der Waals surface area contributed by atoms with Crippen LogP contribution in [-0.4, -0.2) is 74.0 Å². The van der Waals surface area contributed by atoms with Crippen molar-refractivity contribution in [1.82, 2.24) is 14.1 Å². The van der Waals surface area contributed by atoms with Gasteiger partial charge < -0.3 is 4.90 Å². The summed E-state index contributed by atoms with van der Waals surface area (Å²) in [5.41, 5.74) is 1.26. The Bertz CT molecular complexity index is 633. The smallest absolute Gasteiger partial charge is 0.238 e. The number of hydrogen-bond donors (Lipinski definition) is 0. The fourth-order valence-corrected chi connectivity index (χ4v) is 3.13. The number of carbonyl (C=O) groups excluding carboxylic acids is 1. The maximum absolute atomic E-state index is 12.3. The SMILES string of the molecule is CC1CN(Cc2ccccc2)CCN1C(=O)CN(C)S(C)(=O)=O. The van der Waals surface area contributed by atoms with Crippen molar-refractivity contribution >= 4 is 15.9 Å². The molecule has 1 aliphatic heterocycles. The third kappa shape index (κ3) is 5.02. The van der Waals surface area contributed by atoms with Crippen LogP contribution >= 0.6 is 0 Å². The second kappa shape index (κ2) is 7.42.